The Morgan fingerprint density at radius 2 is 2.40 bits per heavy atom. The lowest BCUT2D eigenvalue weighted by atomic mass is 10.2. The quantitative estimate of drug-likeness (QED) is 0.722. The summed E-state index contributed by atoms with van der Waals surface area (Å²) in [5.41, 5.74) is 5.07. The Morgan fingerprint density at radius 1 is 1.67 bits per heavy atom. The number of nitrogens with two attached hydrogens (primary N) is 1. The van der Waals surface area contributed by atoms with Crippen molar-refractivity contribution in [2.75, 3.05) is 12.4 Å². The van der Waals surface area contributed by atoms with Gasteiger partial charge in [0.15, 0.2) is 0 Å². The number of hydrogen-bond donors (Lipinski definition) is 2. The molecule has 1 heterocycles. The second-order valence-corrected chi connectivity index (χ2v) is 3.16. The molecule has 6 nitrogen and oxygen atoms in total. The lowest BCUT2D eigenvalue weighted by Gasteiger charge is -2.12. The number of primary amides is 1. The third kappa shape index (κ3) is 3.80. The van der Waals surface area contributed by atoms with Gasteiger partial charge in [-0.05, 0) is 6.92 Å². The summed E-state index contributed by atoms with van der Waals surface area (Å²) in [5.74, 6) is 0.727. The van der Waals surface area contributed by atoms with Crippen LogP contribution in [0.1, 0.15) is 13.3 Å². The fourth-order valence-electron chi connectivity index (χ4n) is 1.14. The number of amides is 1. The maximum absolute atomic E-state index is 10.6. The second-order valence-electron chi connectivity index (χ2n) is 3.16. The lowest BCUT2D eigenvalue weighted by Crippen LogP contribution is -2.24. The van der Waals surface area contributed by atoms with Crippen LogP contribution in [0.5, 0.6) is 5.88 Å². The molecule has 0 spiro atoms. The summed E-state index contributed by atoms with van der Waals surface area (Å²) in [6.07, 6.45) is 1.64. The number of hydrogen-bond acceptors (Lipinski definition) is 5. The molecule has 0 saturated carbocycles. The first-order valence-corrected chi connectivity index (χ1v) is 4.52. The third-order valence-electron chi connectivity index (χ3n) is 1.75. The van der Waals surface area contributed by atoms with Gasteiger partial charge in [-0.15, -0.1) is 0 Å². The summed E-state index contributed by atoms with van der Waals surface area (Å²) in [7, 11) is 1.53. The van der Waals surface area contributed by atoms with Crippen molar-refractivity contribution < 1.29 is 9.53 Å². The molecule has 0 fully saturated rings. The van der Waals surface area contributed by atoms with Gasteiger partial charge in [-0.3, -0.25) is 4.79 Å². The number of methoxy groups -OCH3 is 1. The molecule has 82 valence electrons. The van der Waals surface area contributed by atoms with Crippen molar-refractivity contribution >= 4 is 11.7 Å². The van der Waals surface area contributed by atoms with Crippen molar-refractivity contribution in [1.29, 1.82) is 0 Å². The van der Waals surface area contributed by atoms with Crippen LogP contribution in [0.2, 0.25) is 0 Å². The molecule has 0 aliphatic carbocycles. The summed E-state index contributed by atoms with van der Waals surface area (Å²) in [4.78, 5) is 18.5. The number of nitrogens with zero attached hydrogens (tertiary/aromatic N) is 2. The van der Waals surface area contributed by atoms with Crippen molar-refractivity contribution in [2.24, 2.45) is 5.73 Å². The fraction of sp³-hybridized carbons (Fsp3) is 0.444. The molecule has 1 unspecified atom stereocenters. The number of aromatic nitrogens is 2. The highest BCUT2D eigenvalue weighted by atomic mass is 16.5. The van der Waals surface area contributed by atoms with E-state index in [0.717, 1.165) is 0 Å². The molecule has 1 rings (SSSR count). The van der Waals surface area contributed by atoms with Crippen molar-refractivity contribution in [3.63, 3.8) is 0 Å². The number of anilines is 1. The fourth-order valence-corrected chi connectivity index (χ4v) is 1.14. The van der Waals surface area contributed by atoms with Gasteiger partial charge < -0.3 is 15.8 Å². The van der Waals surface area contributed by atoms with E-state index in [9.17, 15) is 4.79 Å². The standard InChI is InChI=1S/C9H14N4O2/c1-6(3-7(10)14)13-8-4-9(15-2)12-5-11-8/h4-6H,3H2,1-2H3,(H2,10,14)(H,11,12,13). The van der Waals surface area contributed by atoms with Crippen molar-refractivity contribution in [3.05, 3.63) is 12.4 Å². The maximum Gasteiger partial charge on any atom is 0.219 e. The summed E-state index contributed by atoms with van der Waals surface area (Å²) in [6, 6.07) is 1.58. The van der Waals surface area contributed by atoms with Crippen LogP contribution in [-0.2, 0) is 4.79 Å². The zero-order chi connectivity index (χ0) is 11.3. The normalized spacial score (nSPS) is 11.9. The average molecular weight is 210 g/mol. The summed E-state index contributed by atoms with van der Waals surface area (Å²) >= 11 is 0. The molecule has 1 aromatic rings. The van der Waals surface area contributed by atoms with Crippen LogP contribution in [0.15, 0.2) is 12.4 Å². The van der Waals surface area contributed by atoms with Gasteiger partial charge in [-0.2, -0.15) is 0 Å². The highest BCUT2D eigenvalue weighted by molar-refractivity contribution is 5.74. The molecule has 3 N–H and O–H groups in total. The second kappa shape index (κ2) is 5.14. The molecule has 0 bridgehead atoms. The van der Waals surface area contributed by atoms with E-state index in [1.54, 1.807) is 6.07 Å². The Bertz CT molecular complexity index is 343. The highest BCUT2D eigenvalue weighted by Crippen LogP contribution is 2.11. The van der Waals surface area contributed by atoms with E-state index in [2.05, 4.69) is 15.3 Å². The Hall–Kier alpha value is -1.85. The largest absolute Gasteiger partial charge is 0.481 e. The highest BCUT2D eigenvalue weighted by Gasteiger charge is 2.07. The Kier molecular flexibility index (Phi) is 3.84. The van der Waals surface area contributed by atoms with Crippen LogP contribution in [0.3, 0.4) is 0 Å². The first-order chi connectivity index (χ1) is 7.11. The van der Waals surface area contributed by atoms with Gasteiger partial charge >= 0.3 is 0 Å². The van der Waals surface area contributed by atoms with Gasteiger partial charge in [0.2, 0.25) is 11.8 Å². The van der Waals surface area contributed by atoms with Crippen molar-refractivity contribution in [3.8, 4) is 5.88 Å². The third-order valence-corrected chi connectivity index (χ3v) is 1.75. The number of carbonyl (C=O) groups is 1. The number of nitrogens with one attached hydrogen (secondary N) is 1. The Balaban J connectivity index is 2.59. The average Bonchev–Trinajstić information content (AvgIpc) is 2.16. The molecule has 0 aliphatic heterocycles. The van der Waals surface area contributed by atoms with E-state index in [4.69, 9.17) is 10.5 Å². The molecule has 1 amide bonds. The van der Waals surface area contributed by atoms with Crippen molar-refractivity contribution in [1.82, 2.24) is 9.97 Å². The molecule has 6 heteroatoms. The molecule has 1 aromatic heterocycles. The molecule has 0 saturated heterocycles. The van der Waals surface area contributed by atoms with Crippen LogP contribution in [0, 0.1) is 0 Å². The van der Waals surface area contributed by atoms with Gasteiger partial charge in [0.1, 0.15) is 12.1 Å². The van der Waals surface area contributed by atoms with Crippen LogP contribution in [0.25, 0.3) is 0 Å². The van der Waals surface area contributed by atoms with E-state index in [1.165, 1.54) is 13.4 Å². The van der Waals surface area contributed by atoms with Gasteiger partial charge in [-0.25, -0.2) is 9.97 Å². The van der Waals surface area contributed by atoms with Crippen molar-refractivity contribution in [2.45, 2.75) is 19.4 Å². The zero-order valence-electron chi connectivity index (χ0n) is 8.73. The first-order valence-electron chi connectivity index (χ1n) is 4.52. The first kappa shape index (κ1) is 11.2. The minimum Gasteiger partial charge on any atom is -0.481 e. The monoisotopic (exact) mass is 210 g/mol. The van der Waals surface area contributed by atoms with E-state index in [-0.39, 0.29) is 18.4 Å². The van der Waals surface area contributed by atoms with Crippen LogP contribution >= 0.6 is 0 Å². The molecule has 15 heavy (non-hydrogen) atoms. The molecule has 0 aliphatic rings. The SMILES string of the molecule is COc1cc(NC(C)CC(N)=O)ncn1. The number of rotatable bonds is 5. The van der Waals surface area contributed by atoms with E-state index in [0.29, 0.717) is 11.7 Å². The van der Waals surface area contributed by atoms with E-state index >= 15 is 0 Å². The van der Waals surface area contributed by atoms with Gasteiger partial charge in [0.25, 0.3) is 0 Å². The topological polar surface area (TPSA) is 90.1 Å². The van der Waals surface area contributed by atoms with Crippen LogP contribution in [-0.4, -0.2) is 29.0 Å². The maximum atomic E-state index is 10.6. The van der Waals surface area contributed by atoms with E-state index < -0.39 is 0 Å². The predicted octanol–water partition coefficient (Wildman–Crippen LogP) is 0.161. The number of carbonyl (C=O) groups excluding carboxylic acids is 1. The zero-order valence-corrected chi connectivity index (χ0v) is 8.73. The summed E-state index contributed by atoms with van der Waals surface area (Å²) < 4.78 is 4.93. The van der Waals surface area contributed by atoms with Crippen LogP contribution < -0.4 is 15.8 Å². The van der Waals surface area contributed by atoms with Gasteiger partial charge in [-0.1, -0.05) is 0 Å². The minimum absolute atomic E-state index is 0.0675. The molecule has 1 atom stereocenters. The van der Waals surface area contributed by atoms with Gasteiger partial charge in [0.05, 0.1) is 7.11 Å². The van der Waals surface area contributed by atoms with Crippen LogP contribution in [0.4, 0.5) is 5.82 Å². The molecular weight excluding hydrogens is 196 g/mol. The Morgan fingerprint density at radius 3 is 3.00 bits per heavy atom. The van der Waals surface area contributed by atoms with Gasteiger partial charge in [0, 0.05) is 18.5 Å². The van der Waals surface area contributed by atoms with E-state index in [1.807, 2.05) is 6.92 Å². The molecule has 0 aromatic carbocycles. The summed E-state index contributed by atoms with van der Waals surface area (Å²) in [6.45, 7) is 1.85. The number of ether oxygens (including phenoxy) is 1. The Labute approximate surface area is 87.9 Å². The summed E-state index contributed by atoms with van der Waals surface area (Å²) in [5, 5.41) is 3.02. The molecular formula is C9H14N4O2. The molecule has 0 radical (unpaired) electrons. The minimum atomic E-state index is -0.351. The lowest BCUT2D eigenvalue weighted by molar-refractivity contribution is -0.118. The predicted molar refractivity (Wildman–Crippen MR) is 55.5 cm³/mol. The smallest absolute Gasteiger partial charge is 0.219 e.